The number of nitrogens with one attached hydrogen (secondary N) is 2. The van der Waals surface area contributed by atoms with Crippen molar-refractivity contribution in [2.24, 2.45) is 7.05 Å². The number of likely N-dealkylation sites (tertiary alicyclic amines) is 1. The summed E-state index contributed by atoms with van der Waals surface area (Å²) in [5.41, 5.74) is 4.76. The number of urea groups is 1. The summed E-state index contributed by atoms with van der Waals surface area (Å²) in [7, 11) is 3.50. The summed E-state index contributed by atoms with van der Waals surface area (Å²) in [4.78, 5) is 15.6. The number of rotatable bonds is 8. The Bertz CT molecular complexity index is 1500. The van der Waals surface area contributed by atoms with Crippen LogP contribution in [0.3, 0.4) is 0 Å². The molecule has 2 N–H and O–H groups in total. The number of aryl methyl sites for hydroxylation is 1. The maximum absolute atomic E-state index is 14.1. The average molecular weight is 550 g/mol. The van der Waals surface area contributed by atoms with Gasteiger partial charge in [-0.3, -0.25) is 14.9 Å². The largest absolute Gasteiger partial charge is 0.383 e. The van der Waals surface area contributed by atoms with Gasteiger partial charge in [0.2, 0.25) is 0 Å². The Morgan fingerprint density at radius 1 is 1.10 bits per heavy atom. The molecule has 2 atom stereocenters. The SMILES string of the molecule is COCCN1CC(NC(=O)Nc2c(C)c(-c3cnn(C)c3C)nn2-c2ccccc2)C(c2ccc(F)c(F)c2)C1. The van der Waals surface area contributed by atoms with Gasteiger partial charge in [-0.2, -0.15) is 10.2 Å². The van der Waals surface area contributed by atoms with Gasteiger partial charge in [0.05, 0.1) is 24.5 Å². The number of halogens is 2. The Labute approximate surface area is 231 Å². The number of hydrogen-bond donors (Lipinski definition) is 2. The van der Waals surface area contributed by atoms with E-state index in [9.17, 15) is 13.6 Å². The van der Waals surface area contributed by atoms with Crippen LogP contribution < -0.4 is 10.6 Å². The maximum atomic E-state index is 14.1. The van der Waals surface area contributed by atoms with Crippen LogP contribution in [0.25, 0.3) is 16.9 Å². The number of hydrogen-bond acceptors (Lipinski definition) is 5. The lowest BCUT2D eigenvalue weighted by atomic mass is 9.94. The summed E-state index contributed by atoms with van der Waals surface area (Å²) < 4.78 is 36.5. The summed E-state index contributed by atoms with van der Waals surface area (Å²) in [5, 5.41) is 15.3. The number of aromatic nitrogens is 4. The minimum atomic E-state index is -0.906. The third-order valence-corrected chi connectivity index (χ3v) is 7.54. The van der Waals surface area contributed by atoms with Crippen molar-refractivity contribution in [1.29, 1.82) is 0 Å². The zero-order valence-corrected chi connectivity index (χ0v) is 23.0. The van der Waals surface area contributed by atoms with E-state index in [-0.39, 0.29) is 12.0 Å². The number of anilines is 1. The highest BCUT2D eigenvalue weighted by atomic mass is 19.2. The fourth-order valence-corrected chi connectivity index (χ4v) is 5.21. The summed E-state index contributed by atoms with van der Waals surface area (Å²) in [6, 6.07) is 12.7. The van der Waals surface area contributed by atoms with Crippen LogP contribution in [0.1, 0.15) is 22.7 Å². The molecule has 2 aromatic heterocycles. The van der Waals surface area contributed by atoms with Gasteiger partial charge in [0.1, 0.15) is 11.5 Å². The molecular weight excluding hydrogens is 516 g/mol. The molecule has 3 heterocycles. The van der Waals surface area contributed by atoms with Crippen molar-refractivity contribution in [2.75, 3.05) is 38.7 Å². The standard InChI is InChI=1S/C29H33F2N7O2/c1-18-27(22-15-32-36(3)19(22)2)35-38(21-8-6-5-7-9-21)28(18)34-29(39)33-26-17-37(12-13-40-4)16-23(26)20-10-11-24(30)25(31)14-20/h5-11,14-15,23,26H,12-13,16-17H2,1-4H3,(H2,33,34,39). The molecule has 0 bridgehead atoms. The van der Waals surface area contributed by atoms with E-state index in [0.29, 0.717) is 37.6 Å². The molecule has 2 unspecified atom stereocenters. The lowest BCUT2D eigenvalue weighted by Gasteiger charge is -2.21. The van der Waals surface area contributed by atoms with Crippen LogP contribution in [0, 0.1) is 25.5 Å². The molecule has 5 rings (SSSR count). The maximum Gasteiger partial charge on any atom is 0.320 e. The molecule has 1 aliphatic rings. The summed E-state index contributed by atoms with van der Waals surface area (Å²) in [5.74, 6) is -1.51. The van der Waals surface area contributed by atoms with Crippen molar-refractivity contribution < 1.29 is 18.3 Å². The second-order valence-corrected chi connectivity index (χ2v) is 10.1. The Hall–Kier alpha value is -4.09. The Balaban J connectivity index is 1.43. The predicted molar refractivity (Wildman–Crippen MR) is 149 cm³/mol. The average Bonchev–Trinajstić information content (AvgIpc) is 3.60. The van der Waals surface area contributed by atoms with Crippen molar-refractivity contribution >= 4 is 11.8 Å². The summed E-state index contributed by atoms with van der Waals surface area (Å²) in [6.45, 7) is 6.18. The zero-order chi connectivity index (χ0) is 28.4. The normalized spacial score (nSPS) is 17.4. The van der Waals surface area contributed by atoms with Crippen molar-refractivity contribution in [3.8, 4) is 16.9 Å². The lowest BCUT2D eigenvalue weighted by molar-refractivity contribution is 0.159. The van der Waals surface area contributed by atoms with Crippen LogP contribution in [0.2, 0.25) is 0 Å². The number of carbonyl (C=O) groups is 1. The van der Waals surface area contributed by atoms with E-state index in [1.54, 1.807) is 28.7 Å². The lowest BCUT2D eigenvalue weighted by Crippen LogP contribution is -2.42. The monoisotopic (exact) mass is 549 g/mol. The Kier molecular flexibility index (Phi) is 7.95. The topological polar surface area (TPSA) is 89.2 Å². The second kappa shape index (κ2) is 11.6. The van der Waals surface area contributed by atoms with Crippen LogP contribution in [0.4, 0.5) is 19.4 Å². The van der Waals surface area contributed by atoms with E-state index in [1.165, 1.54) is 6.07 Å². The highest BCUT2D eigenvalue weighted by Crippen LogP contribution is 2.33. The number of ether oxygens (including phenoxy) is 1. The van der Waals surface area contributed by atoms with E-state index < -0.39 is 17.7 Å². The van der Waals surface area contributed by atoms with E-state index >= 15 is 0 Å². The summed E-state index contributed by atoms with van der Waals surface area (Å²) in [6.07, 6.45) is 1.77. The van der Waals surface area contributed by atoms with Crippen LogP contribution in [0.15, 0.2) is 54.7 Å². The molecule has 0 aliphatic carbocycles. The van der Waals surface area contributed by atoms with Crippen molar-refractivity contribution in [3.05, 3.63) is 83.2 Å². The smallest absolute Gasteiger partial charge is 0.320 e. The van der Waals surface area contributed by atoms with Gasteiger partial charge in [-0.1, -0.05) is 24.3 Å². The highest BCUT2D eigenvalue weighted by Gasteiger charge is 2.35. The van der Waals surface area contributed by atoms with Crippen LogP contribution >= 0.6 is 0 Å². The second-order valence-electron chi connectivity index (χ2n) is 10.1. The molecule has 2 aromatic carbocycles. The van der Waals surface area contributed by atoms with Gasteiger partial charge in [-0.15, -0.1) is 0 Å². The van der Waals surface area contributed by atoms with Gasteiger partial charge in [0.15, 0.2) is 11.6 Å². The highest BCUT2D eigenvalue weighted by molar-refractivity contribution is 5.91. The van der Waals surface area contributed by atoms with Gasteiger partial charge in [0.25, 0.3) is 0 Å². The summed E-state index contributed by atoms with van der Waals surface area (Å²) >= 11 is 0. The first-order chi connectivity index (χ1) is 19.3. The Morgan fingerprint density at radius 2 is 1.88 bits per heavy atom. The van der Waals surface area contributed by atoms with Gasteiger partial charge in [-0.25, -0.2) is 18.3 Å². The molecule has 0 saturated carbocycles. The molecule has 210 valence electrons. The Morgan fingerprint density at radius 3 is 2.55 bits per heavy atom. The minimum absolute atomic E-state index is 0.230. The van der Waals surface area contributed by atoms with E-state index in [0.717, 1.165) is 34.3 Å². The van der Waals surface area contributed by atoms with E-state index in [2.05, 4.69) is 20.6 Å². The van der Waals surface area contributed by atoms with Crippen molar-refractivity contribution in [2.45, 2.75) is 25.8 Å². The zero-order valence-electron chi connectivity index (χ0n) is 23.0. The van der Waals surface area contributed by atoms with Crippen molar-refractivity contribution in [3.63, 3.8) is 0 Å². The quantitative estimate of drug-likeness (QED) is 0.340. The van der Waals surface area contributed by atoms with Gasteiger partial charge in [-0.05, 0) is 43.7 Å². The minimum Gasteiger partial charge on any atom is -0.383 e. The van der Waals surface area contributed by atoms with Gasteiger partial charge in [0, 0.05) is 56.5 Å². The van der Waals surface area contributed by atoms with Gasteiger partial charge >= 0.3 is 6.03 Å². The molecule has 1 aliphatic heterocycles. The number of amides is 2. The van der Waals surface area contributed by atoms with E-state index in [1.807, 2.05) is 51.2 Å². The molecule has 0 radical (unpaired) electrons. The predicted octanol–water partition coefficient (Wildman–Crippen LogP) is 4.40. The first-order valence-corrected chi connectivity index (χ1v) is 13.1. The number of nitrogens with zero attached hydrogens (tertiary/aromatic N) is 5. The molecule has 11 heteroatoms. The number of benzene rings is 2. The molecule has 1 saturated heterocycles. The van der Waals surface area contributed by atoms with Crippen LogP contribution in [-0.2, 0) is 11.8 Å². The number of para-hydroxylation sites is 1. The van der Waals surface area contributed by atoms with Crippen molar-refractivity contribution in [1.82, 2.24) is 29.8 Å². The third-order valence-electron chi connectivity index (χ3n) is 7.54. The number of carbonyl (C=O) groups excluding carboxylic acids is 1. The molecular formula is C29H33F2N7O2. The third kappa shape index (κ3) is 5.47. The molecule has 1 fully saturated rings. The molecule has 4 aromatic rings. The molecule has 40 heavy (non-hydrogen) atoms. The first-order valence-electron chi connectivity index (χ1n) is 13.1. The van der Waals surface area contributed by atoms with Crippen LogP contribution in [0.5, 0.6) is 0 Å². The molecule has 9 nitrogen and oxygen atoms in total. The fourth-order valence-electron chi connectivity index (χ4n) is 5.21. The first kappa shape index (κ1) is 27.5. The van der Waals surface area contributed by atoms with E-state index in [4.69, 9.17) is 9.84 Å². The molecule has 2 amide bonds. The fraction of sp³-hybridized carbons (Fsp3) is 0.345. The molecule has 0 spiro atoms. The van der Waals surface area contributed by atoms with Gasteiger partial charge < -0.3 is 10.1 Å². The van der Waals surface area contributed by atoms with Crippen LogP contribution in [-0.4, -0.2) is 69.9 Å². The number of methoxy groups -OCH3 is 1.